The lowest BCUT2D eigenvalue weighted by Crippen LogP contribution is -2.15. The topological polar surface area (TPSA) is 76.9 Å². The summed E-state index contributed by atoms with van der Waals surface area (Å²) in [5, 5.41) is 9.89. The molecule has 1 N–H and O–H groups in total. The first-order valence-electron chi connectivity index (χ1n) is 8.90. The second kappa shape index (κ2) is 7.36. The number of amides is 1. The monoisotopic (exact) mass is 390 g/mol. The average molecular weight is 390 g/mol. The number of benzene rings is 1. The van der Waals surface area contributed by atoms with Crippen molar-refractivity contribution >= 4 is 39.7 Å². The van der Waals surface area contributed by atoms with Gasteiger partial charge in [0.1, 0.15) is 0 Å². The summed E-state index contributed by atoms with van der Waals surface area (Å²) in [7, 11) is 0. The number of carbonyl (C=O) groups is 2. The highest BCUT2D eigenvalue weighted by atomic mass is 32.1. The van der Waals surface area contributed by atoms with Crippen molar-refractivity contribution in [2.24, 2.45) is 0 Å². The molecule has 6 nitrogen and oxygen atoms in total. The molecule has 4 rings (SSSR count). The number of nitrogens with zero attached hydrogens (tertiary/aromatic N) is 3. The lowest BCUT2D eigenvalue weighted by Gasteiger charge is -2.11. The van der Waals surface area contributed by atoms with Gasteiger partial charge in [-0.3, -0.25) is 9.59 Å². The van der Waals surface area contributed by atoms with E-state index in [0.29, 0.717) is 34.4 Å². The Morgan fingerprint density at radius 1 is 1.14 bits per heavy atom. The van der Waals surface area contributed by atoms with Crippen LogP contribution in [0.25, 0.3) is 21.6 Å². The molecule has 0 saturated heterocycles. The number of nitrogens with one attached hydrogen (secondary N) is 1. The van der Waals surface area contributed by atoms with Crippen LogP contribution >= 0.6 is 11.3 Å². The first-order valence-corrected chi connectivity index (χ1v) is 9.78. The molecule has 0 unspecified atom stereocenters. The number of anilines is 1. The Morgan fingerprint density at radius 3 is 2.68 bits per heavy atom. The fourth-order valence-electron chi connectivity index (χ4n) is 3.11. The van der Waals surface area contributed by atoms with Crippen LogP contribution in [0.4, 0.5) is 5.69 Å². The number of aryl methyl sites for hydroxylation is 1. The van der Waals surface area contributed by atoms with Crippen LogP contribution in [0, 0.1) is 0 Å². The van der Waals surface area contributed by atoms with Gasteiger partial charge < -0.3 is 5.32 Å². The summed E-state index contributed by atoms with van der Waals surface area (Å²) in [6.45, 7) is 4.11. The van der Waals surface area contributed by atoms with Crippen molar-refractivity contribution in [1.82, 2.24) is 14.8 Å². The molecule has 4 aromatic rings. The van der Waals surface area contributed by atoms with Crippen LogP contribution < -0.4 is 5.32 Å². The summed E-state index contributed by atoms with van der Waals surface area (Å²) in [6, 6.07) is 12.7. The van der Waals surface area contributed by atoms with Gasteiger partial charge in [0, 0.05) is 12.1 Å². The van der Waals surface area contributed by atoms with E-state index < -0.39 is 0 Å². The molecule has 140 valence electrons. The summed E-state index contributed by atoms with van der Waals surface area (Å²) < 4.78 is 1.77. The number of para-hydroxylation sites is 1. The van der Waals surface area contributed by atoms with Crippen LogP contribution in [0.15, 0.2) is 54.0 Å². The molecule has 7 heteroatoms. The van der Waals surface area contributed by atoms with Gasteiger partial charge in [0.05, 0.1) is 33.4 Å². The van der Waals surface area contributed by atoms with Crippen molar-refractivity contribution in [3.8, 4) is 10.6 Å². The van der Waals surface area contributed by atoms with Gasteiger partial charge in [-0.05, 0) is 43.5 Å². The lowest BCUT2D eigenvalue weighted by atomic mass is 10.1. The van der Waals surface area contributed by atoms with E-state index in [2.05, 4.69) is 10.4 Å². The van der Waals surface area contributed by atoms with Crippen molar-refractivity contribution in [1.29, 1.82) is 0 Å². The lowest BCUT2D eigenvalue weighted by molar-refractivity contribution is 0.101. The number of ketones is 1. The van der Waals surface area contributed by atoms with Gasteiger partial charge in [-0.1, -0.05) is 18.2 Å². The molecule has 3 aromatic heterocycles. The van der Waals surface area contributed by atoms with Crippen molar-refractivity contribution < 1.29 is 9.59 Å². The number of Topliss-reactive ketones (excluding diaryl/α,β-unsaturated/α-hetero) is 1. The van der Waals surface area contributed by atoms with Gasteiger partial charge in [0.2, 0.25) is 0 Å². The van der Waals surface area contributed by atoms with E-state index in [-0.39, 0.29) is 11.7 Å². The number of rotatable bonds is 5. The Hall–Kier alpha value is -3.32. The first kappa shape index (κ1) is 18.1. The number of pyridine rings is 1. The Labute approximate surface area is 165 Å². The second-order valence-corrected chi connectivity index (χ2v) is 7.23. The number of hydrogen-bond donors (Lipinski definition) is 1. The molecule has 0 bridgehead atoms. The van der Waals surface area contributed by atoms with Crippen LogP contribution in [-0.4, -0.2) is 26.5 Å². The molecule has 1 amide bonds. The summed E-state index contributed by atoms with van der Waals surface area (Å²) in [5.74, 6) is -0.400. The van der Waals surface area contributed by atoms with E-state index >= 15 is 0 Å². The van der Waals surface area contributed by atoms with Crippen molar-refractivity contribution in [3.63, 3.8) is 0 Å². The highest BCUT2D eigenvalue weighted by Gasteiger charge is 2.19. The van der Waals surface area contributed by atoms with Crippen molar-refractivity contribution in [2.45, 2.75) is 20.4 Å². The molecule has 0 aliphatic carbocycles. The third kappa shape index (κ3) is 3.20. The summed E-state index contributed by atoms with van der Waals surface area (Å²) >= 11 is 1.56. The van der Waals surface area contributed by atoms with Crippen LogP contribution in [0.3, 0.4) is 0 Å². The zero-order valence-corrected chi connectivity index (χ0v) is 16.3. The first-order chi connectivity index (χ1) is 13.6. The van der Waals surface area contributed by atoms with Crippen LogP contribution in [0.1, 0.15) is 34.6 Å². The molecule has 0 radical (unpaired) electrons. The molecule has 0 atom stereocenters. The van der Waals surface area contributed by atoms with Gasteiger partial charge in [-0.2, -0.15) is 5.10 Å². The molecule has 1 aromatic carbocycles. The van der Waals surface area contributed by atoms with Crippen LogP contribution in [-0.2, 0) is 6.54 Å². The van der Waals surface area contributed by atoms with Crippen molar-refractivity contribution in [3.05, 3.63) is 65.2 Å². The maximum Gasteiger partial charge on any atom is 0.256 e. The van der Waals surface area contributed by atoms with Gasteiger partial charge in [0.15, 0.2) is 11.4 Å². The normalized spacial score (nSPS) is 10.9. The molecule has 0 saturated carbocycles. The number of hydrogen-bond acceptors (Lipinski definition) is 5. The summed E-state index contributed by atoms with van der Waals surface area (Å²) in [4.78, 5) is 30.7. The largest absolute Gasteiger partial charge is 0.321 e. The Bertz CT molecular complexity index is 1180. The highest BCUT2D eigenvalue weighted by molar-refractivity contribution is 7.13. The molecule has 0 fully saturated rings. The number of fused-ring (bicyclic) bond motifs is 1. The predicted molar refractivity (Wildman–Crippen MR) is 111 cm³/mol. The van der Waals surface area contributed by atoms with E-state index in [1.54, 1.807) is 52.5 Å². The average Bonchev–Trinajstić information content (AvgIpc) is 3.37. The van der Waals surface area contributed by atoms with E-state index in [1.165, 1.54) is 6.92 Å². The predicted octanol–water partition coefficient (Wildman–Crippen LogP) is 4.63. The Balaban J connectivity index is 1.82. The van der Waals surface area contributed by atoms with Crippen molar-refractivity contribution in [2.75, 3.05) is 5.32 Å². The van der Waals surface area contributed by atoms with E-state index in [0.717, 1.165) is 10.6 Å². The third-order valence-electron chi connectivity index (χ3n) is 4.48. The number of aromatic nitrogens is 3. The summed E-state index contributed by atoms with van der Waals surface area (Å²) in [5.41, 5.74) is 2.84. The SMILES string of the molecule is CCn1ncc2c(C(=O)Nc3ccccc3C(C)=O)cc(-c3cccs3)nc21. The van der Waals surface area contributed by atoms with E-state index in [9.17, 15) is 9.59 Å². The zero-order chi connectivity index (χ0) is 19.7. The van der Waals surface area contributed by atoms with Crippen LogP contribution in [0.5, 0.6) is 0 Å². The molecular formula is C21H18N4O2S. The van der Waals surface area contributed by atoms with Gasteiger partial charge in [-0.25, -0.2) is 9.67 Å². The van der Waals surface area contributed by atoms with E-state index in [1.807, 2.05) is 24.4 Å². The fourth-order valence-corrected chi connectivity index (χ4v) is 3.79. The molecule has 0 spiro atoms. The minimum Gasteiger partial charge on any atom is -0.321 e. The van der Waals surface area contributed by atoms with E-state index in [4.69, 9.17) is 4.98 Å². The second-order valence-electron chi connectivity index (χ2n) is 6.29. The van der Waals surface area contributed by atoms with Crippen LogP contribution in [0.2, 0.25) is 0 Å². The highest BCUT2D eigenvalue weighted by Crippen LogP contribution is 2.28. The van der Waals surface area contributed by atoms with Gasteiger partial charge >= 0.3 is 0 Å². The fraction of sp³-hybridized carbons (Fsp3) is 0.143. The molecule has 3 heterocycles. The van der Waals surface area contributed by atoms with Gasteiger partial charge in [0.25, 0.3) is 5.91 Å². The minimum atomic E-state index is -0.297. The maximum atomic E-state index is 13.1. The summed E-state index contributed by atoms with van der Waals surface area (Å²) in [6.07, 6.45) is 1.66. The Kier molecular flexibility index (Phi) is 4.75. The zero-order valence-electron chi connectivity index (χ0n) is 15.5. The van der Waals surface area contributed by atoms with Gasteiger partial charge in [-0.15, -0.1) is 11.3 Å². The quantitative estimate of drug-likeness (QED) is 0.504. The smallest absolute Gasteiger partial charge is 0.256 e. The molecule has 0 aliphatic heterocycles. The molecular weight excluding hydrogens is 372 g/mol. The number of thiophene rings is 1. The third-order valence-corrected chi connectivity index (χ3v) is 5.37. The molecule has 0 aliphatic rings. The molecule has 28 heavy (non-hydrogen) atoms. The number of carbonyl (C=O) groups excluding carboxylic acids is 2. The maximum absolute atomic E-state index is 13.1. The minimum absolute atomic E-state index is 0.103. The standard InChI is InChI=1S/C21H18N4O2S/c1-3-25-20-16(12-22-25)15(11-18(23-20)19-9-6-10-28-19)21(27)24-17-8-5-4-7-14(17)13(2)26/h4-12H,3H2,1-2H3,(H,24,27). The Morgan fingerprint density at radius 2 is 1.96 bits per heavy atom.